The van der Waals surface area contributed by atoms with Crippen LogP contribution in [0.4, 0.5) is 30.5 Å². The highest BCUT2D eigenvalue weighted by Gasteiger charge is 2.46. The lowest BCUT2D eigenvalue weighted by atomic mass is 9.85. The molecular weight excluding hydrogens is 632 g/mol. The molecule has 2 aliphatic carbocycles. The van der Waals surface area contributed by atoms with E-state index in [1.807, 2.05) is 17.7 Å². The molecule has 0 bridgehead atoms. The van der Waals surface area contributed by atoms with E-state index in [9.17, 15) is 27.9 Å². The smallest absolute Gasteiger partial charge is 0.384 e. The highest BCUT2D eigenvalue weighted by Crippen LogP contribution is 2.47. The van der Waals surface area contributed by atoms with E-state index in [1.54, 1.807) is 18.2 Å². The number of rotatable bonds is 8. The molecule has 2 amide bonds. The van der Waals surface area contributed by atoms with E-state index in [4.69, 9.17) is 28.2 Å². The van der Waals surface area contributed by atoms with Crippen molar-refractivity contribution >= 4 is 63.4 Å². The molecule has 3 aliphatic rings. The molecule has 3 aromatic rings. The van der Waals surface area contributed by atoms with Gasteiger partial charge in [0.2, 0.25) is 11.9 Å². The number of anilines is 3. The highest BCUT2D eigenvalue weighted by atomic mass is 35.5. The number of nitrogens with zero attached hydrogens (tertiary/aromatic N) is 3. The second-order valence-corrected chi connectivity index (χ2v) is 13.3. The molecule has 3 unspecified atom stereocenters. The molecule has 242 valence electrons. The van der Waals surface area contributed by atoms with Gasteiger partial charge in [0.1, 0.15) is 6.10 Å². The van der Waals surface area contributed by atoms with Crippen LogP contribution in [0.5, 0.6) is 0 Å². The Morgan fingerprint density at radius 2 is 1.80 bits per heavy atom. The molecule has 6 rings (SSSR count). The predicted octanol–water partition coefficient (Wildman–Crippen LogP) is 5.93. The standard InChI is InChI=1S/C31H35Cl2F3N6O3/c1-15(43)28(44)37-12-16-3-8-22(32)27(26(16)33)40-30-39-23-10-21(29(45)38-20-6-4-19(5-7-20)31(34,35)36)24(11-25(23)41(30)2)42-13-17-9-18(17)14-42/h3,8,10-11,15,17-20,43H,4-7,9,12-14H2,1-2H3,(H,37,44)(H,38,45)(H,39,40). The number of carbonyl (C=O) groups is 2. The number of aromatic nitrogens is 2. The average Bonchev–Trinajstić information content (AvgIpc) is 3.48. The van der Waals surface area contributed by atoms with Crippen molar-refractivity contribution in [2.24, 2.45) is 24.8 Å². The number of amides is 2. The number of aliphatic hydroxyl groups is 1. The molecule has 1 aromatic heterocycles. The monoisotopic (exact) mass is 666 g/mol. The molecule has 45 heavy (non-hydrogen) atoms. The Hall–Kier alpha value is -3.22. The Morgan fingerprint density at radius 3 is 2.44 bits per heavy atom. The second-order valence-electron chi connectivity index (χ2n) is 12.5. The third-order valence-corrected chi connectivity index (χ3v) is 10.1. The van der Waals surface area contributed by atoms with Gasteiger partial charge in [-0.05, 0) is 74.6 Å². The zero-order chi connectivity index (χ0) is 32.2. The van der Waals surface area contributed by atoms with Gasteiger partial charge in [0.05, 0.1) is 43.9 Å². The number of nitrogens with one attached hydrogen (secondary N) is 3. The minimum atomic E-state index is -4.21. The van der Waals surface area contributed by atoms with Gasteiger partial charge in [-0.25, -0.2) is 4.98 Å². The first kappa shape index (κ1) is 31.7. The van der Waals surface area contributed by atoms with Gasteiger partial charge in [-0.3, -0.25) is 9.59 Å². The maximum atomic E-state index is 13.7. The molecule has 9 nitrogen and oxygen atoms in total. The summed E-state index contributed by atoms with van der Waals surface area (Å²) in [6, 6.07) is 6.68. The number of piperidine rings is 1. The van der Waals surface area contributed by atoms with Crippen LogP contribution in [0.15, 0.2) is 24.3 Å². The summed E-state index contributed by atoms with van der Waals surface area (Å²) in [7, 11) is 1.83. The molecule has 14 heteroatoms. The lowest BCUT2D eigenvalue weighted by Gasteiger charge is -2.31. The molecule has 1 aliphatic heterocycles. The topological polar surface area (TPSA) is 112 Å². The van der Waals surface area contributed by atoms with E-state index < -0.39 is 24.1 Å². The largest absolute Gasteiger partial charge is 0.391 e. The average molecular weight is 668 g/mol. The molecular formula is C31H35Cl2F3N6O3. The van der Waals surface area contributed by atoms with E-state index in [1.165, 1.54) is 13.3 Å². The number of aliphatic hydroxyl groups excluding tert-OH is 1. The SMILES string of the molecule is CC(O)C(=O)NCc1ccc(Cl)c(Nc2nc3cc(C(=O)NC4CCC(C(F)(F)F)CC4)c(N4CC5CC5C4)cc3n2C)c1Cl. The van der Waals surface area contributed by atoms with Crippen LogP contribution in [0.1, 0.15) is 54.9 Å². The number of halogens is 5. The fourth-order valence-electron chi connectivity index (χ4n) is 6.49. The zero-order valence-electron chi connectivity index (χ0n) is 24.8. The number of carbonyl (C=O) groups excluding carboxylic acids is 2. The summed E-state index contributed by atoms with van der Waals surface area (Å²) in [6.45, 7) is 3.14. The van der Waals surface area contributed by atoms with Gasteiger partial charge >= 0.3 is 6.18 Å². The van der Waals surface area contributed by atoms with Crippen LogP contribution < -0.4 is 20.9 Å². The maximum Gasteiger partial charge on any atom is 0.391 e. The van der Waals surface area contributed by atoms with Gasteiger partial charge < -0.3 is 30.5 Å². The van der Waals surface area contributed by atoms with Crippen molar-refractivity contribution in [2.75, 3.05) is 23.3 Å². The maximum absolute atomic E-state index is 13.7. The fraction of sp³-hybridized carbons (Fsp3) is 0.516. The van der Waals surface area contributed by atoms with Crippen LogP contribution in [0.3, 0.4) is 0 Å². The Balaban J connectivity index is 1.28. The number of hydrogen-bond acceptors (Lipinski definition) is 6. The minimum Gasteiger partial charge on any atom is -0.384 e. The number of fused-ring (bicyclic) bond motifs is 2. The summed E-state index contributed by atoms with van der Waals surface area (Å²) in [5.41, 5.74) is 3.49. The number of alkyl halides is 3. The molecule has 0 radical (unpaired) electrons. The summed E-state index contributed by atoms with van der Waals surface area (Å²) < 4.78 is 41.4. The highest BCUT2D eigenvalue weighted by molar-refractivity contribution is 6.39. The van der Waals surface area contributed by atoms with Crippen molar-refractivity contribution in [3.05, 3.63) is 45.4 Å². The first-order chi connectivity index (χ1) is 21.3. The van der Waals surface area contributed by atoms with Crippen LogP contribution in [0.25, 0.3) is 11.0 Å². The fourth-order valence-corrected chi connectivity index (χ4v) is 7.03. The molecule has 2 aromatic carbocycles. The van der Waals surface area contributed by atoms with Crippen LogP contribution in [0, 0.1) is 17.8 Å². The quantitative estimate of drug-likeness (QED) is 0.237. The van der Waals surface area contributed by atoms with Gasteiger partial charge in [0, 0.05) is 32.7 Å². The Labute approximate surface area is 268 Å². The van der Waals surface area contributed by atoms with Crippen molar-refractivity contribution in [3.8, 4) is 0 Å². The van der Waals surface area contributed by atoms with Gasteiger partial charge in [0.15, 0.2) is 0 Å². The van der Waals surface area contributed by atoms with E-state index in [0.29, 0.717) is 45.1 Å². The molecule has 2 saturated carbocycles. The van der Waals surface area contributed by atoms with E-state index in [2.05, 4.69) is 20.9 Å². The predicted molar refractivity (Wildman–Crippen MR) is 167 cm³/mol. The van der Waals surface area contributed by atoms with Gasteiger partial charge in [-0.2, -0.15) is 13.2 Å². The van der Waals surface area contributed by atoms with Crippen molar-refractivity contribution in [2.45, 2.75) is 63.9 Å². The summed E-state index contributed by atoms with van der Waals surface area (Å²) in [6.07, 6.45) is -3.62. The lowest BCUT2D eigenvalue weighted by Crippen LogP contribution is -2.40. The van der Waals surface area contributed by atoms with Gasteiger partial charge in [-0.15, -0.1) is 0 Å². The van der Waals surface area contributed by atoms with Crippen LogP contribution >= 0.6 is 23.2 Å². The Bertz CT molecular complexity index is 1630. The van der Waals surface area contributed by atoms with Gasteiger partial charge in [0.25, 0.3) is 5.91 Å². The molecule has 0 spiro atoms. The van der Waals surface area contributed by atoms with Crippen molar-refractivity contribution < 1.29 is 27.9 Å². The first-order valence-electron chi connectivity index (χ1n) is 15.1. The zero-order valence-corrected chi connectivity index (χ0v) is 26.4. The van der Waals surface area contributed by atoms with Crippen LogP contribution in [-0.2, 0) is 18.4 Å². The summed E-state index contributed by atoms with van der Waals surface area (Å²) in [4.78, 5) is 32.5. The number of hydrogen-bond donors (Lipinski definition) is 4. The molecule has 3 atom stereocenters. The normalized spacial score (nSPS) is 23.5. The molecule has 2 heterocycles. The summed E-state index contributed by atoms with van der Waals surface area (Å²) >= 11 is 13.2. The van der Waals surface area contributed by atoms with Gasteiger partial charge in [-0.1, -0.05) is 29.3 Å². The Kier molecular flexibility index (Phi) is 8.60. The van der Waals surface area contributed by atoms with Crippen molar-refractivity contribution in [1.82, 2.24) is 20.2 Å². The first-order valence-corrected chi connectivity index (χ1v) is 15.9. The van der Waals surface area contributed by atoms with E-state index in [-0.39, 0.29) is 49.2 Å². The van der Waals surface area contributed by atoms with E-state index >= 15 is 0 Å². The van der Waals surface area contributed by atoms with Crippen LogP contribution in [-0.4, -0.2) is 57.9 Å². The minimum absolute atomic E-state index is 0.00431. The Morgan fingerprint density at radius 1 is 1.11 bits per heavy atom. The molecule has 4 N–H and O–H groups in total. The van der Waals surface area contributed by atoms with Crippen molar-refractivity contribution in [1.29, 1.82) is 0 Å². The number of imidazole rings is 1. The molecule has 1 saturated heterocycles. The number of aryl methyl sites for hydroxylation is 1. The summed E-state index contributed by atoms with van der Waals surface area (Å²) in [5.74, 6) is -0.539. The third-order valence-electron chi connectivity index (χ3n) is 9.33. The second kappa shape index (κ2) is 12.2. The van der Waals surface area contributed by atoms with Crippen molar-refractivity contribution in [3.63, 3.8) is 0 Å². The summed E-state index contributed by atoms with van der Waals surface area (Å²) in [5, 5.41) is 18.9. The molecule has 3 fully saturated rings. The lowest BCUT2D eigenvalue weighted by molar-refractivity contribution is -0.182. The number of benzene rings is 2. The van der Waals surface area contributed by atoms with Crippen LogP contribution in [0.2, 0.25) is 10.0 Å². The third kappa shape index (κ3) is 6.55. The van der Waals surface area contributed by atoms with E-state index in [0.717, 1.165) is 24.3 Å².